The van der Waals surface area contributed by atoms with Gasteiger partial charge < -0.3 is 14.6 Å². The van der Waals surface area contributed by atoms with E-state index in [4.69, 9.17) is 9.47 Å². The van der Waals surface area contributed by atoms with E-state index in [1.54, 1.807) is 30.2 Å². The van der Waals surface area contributed by atoms with Crippen molar-refractivity contribution in [3.05, 3.63) is 82.7 Å². The molecule has 1 aliphatic heterocycles. The Hall–Kier alpha value is -1.63. The van der Waals surface area contributed by atoms with Crippen LogP contribution in [-0.2, 0) is 15.1 Å². The van der Waals surface area contributed by atoms with Crippen molar-refractivity contribution in [2.75, 3.05) is 20.3 Å². The Bertz CT molecular complexity index is 884. The fourth-order valence-corrected chi connectivity index (χ4v) is 5.86. The molecule has 146 valence electrons. The smallest absolute Gasteiger partial charge is 0.106 e. The van der Waals surface area contributed by atoms with E-state index in [0.717, 1.165) is 42.1 Å². The number of aliphatic hydroxyl groups is 1. The normalized spacial score (nSPS) is 17.4. The van der Waals surface area contributed by atoms with Crippen LogP contribution in [0, 0.1) is 0 Å². The molecular formula is C23H24O3S2. The Kier molecular flexibility index (Phi) is 6.19. The fourth-order valence-electron chi connectivity index (χ4n) is 3.53. The van der Waals surface area contributed by atoms with Crippen molar-refractivity contribution < 1.29 is 14.6 Å². The maximum absolute atomic E-state index is 10.5. The van der Waals surface area contributed by atoms with Crippen LogP contribution in [0.1, 0.15) is 34.9 Å². The van der Waals surface area contributed by atoms with Crippen LogP contribution in [-0.4, -0.2) is 25.4 Å². The molecule has 1 fully saturated rings. The SMILES string of the molecule is COC1(c2ccc(Sc3ccc(C(O)c4ccccc4)cc3)s2)CCOCC1. The van der Waals surface area contributed by atoms with Crippen LogP contribution < -0.4 is 0 Å². The summed E-state index contributed by atoms with van der Waals surface area (Å²) in [6.45, 7) is 1.50. The highest BCUT2D eigenvalue weighted by Crippen LogP contribution is 2.43. The first-order valence-electron chi connectivity index (χ1n) is 9.44. The van der Waals surface area contributed by atoms with Gasteiger partial charge in [0.2, 0.25) is 0 Å². The molecule has 0 radical (unpaired) electrons. The Morgan fingerprint density at radius 3 is 2.32 bits per heavy atom. The molecule has 28 heavy (non-hydrogen) atoms. The molecule has 0 spiro atoms. The molecule has 0 bridgehead atoms. The second kappa shape index (κ2) is 8.80. The zero-order valence-electron chi connectivity index (χ0n) is 15.8. The van der Waals surface area contributed by atoms with Crippen molar-refractivity contribution in [1.29, 1.82) is 0 Å². The number of benzene rings is 2. The molecule has 0 aliphatic carbocycles. The third-order valence-corrected chi connectivity index (χ3v) is 7.66. The molecule has 4 rings (SSSR count). The summed E-state index contributed by atoms with van der Waals surface area (Å²) in [4.78, 5) is 2.44. The molecule has 0 saturated carbocycles. The lowest BCUT2D eigenvalue weighted by atomic mass is 9.92. The van der Waals surface area contributed by atoms with Gasteiger partial charge in [0.1, 0.15) is 11.7 Å². The molecule has 1 N–H and O–H groups in total. The van der Waals surface area contributed by atoms with Crippen molar-refractivity contribution in [3.63, 3.8) is 0 Å². The molecule has 0 amide bonds. The second-order valence-corrected chi connectivity index (χ2v) is 9.37. The van der Waals surface area contributed by atoms with E-state index in [2.05, 4.69) is 24.3 Å². The van der Waals surface area contributed by atoms with Gasteiger partial charge in [-0.25, -0.2) is 0 Å². The van der Waals surface area contributed by atoms with E-state index in [1.165, 1.54) is 9.09 Å². The fraction of sp³-hybridized carbons (Fsp3) is 0.304. The van der Waals surface area contributed by atoms with Gasteiger partial charge in [0.25, 0.3) is 0 Å². The molecule has 1 atom stereocenters. The minimum Gasteiger partial charge on any atom is -0.384 e. The van der Waals surface area contributed by atoms with Crippen LogP contribution in [0.2, 0.25) is 0 Å². The zero-order valence-corrected chi connectivity index (χ0v) is 17.5. The average Bonchev–Trinajstić information content (AvgIpc) is 3.24. The Labute approximate surface area is 174 Å². The van der Waals surface area contributed by atoms with Gasteiger partial charge >= 0.3 is 0 Å². The number of thiophene rings is 1. The van der Waals surface area contributed by atoms with Gasteiger partial charge in [0.15, 0.2) is 0 Å². The van der Waals surface area contributed by atoms with Gasteiger partial charge in [-0.2, -0.15) is 0 Å². The average molecular weight is 413 g/mol. The van der Waals surface area contributed by atoms with Crippen LogP contribution in [0.4, 0.5) is 0 Å². The monoisotopic (exact) mass is 412 g/mol. The van der Waals surface area contributed by atoms with Crippen molar-refractivity contribution in [1.82, 2.24) is 0 Å². The quantitative estimate of drug-likeness (QED) is 0.569. The topological polar surface area (TPSA) is 38.7 Å². The largest absolute Gasteiger partial charge is 0.384 e. The van der Waals surface area contributed by atoms with Gasteiger partial charge in [-0.3, -0.25) is 0 Å². The zero-order chi connectivity index (χ0) is 19.4. The summed E-state index contributed by atoms with van der Waals surface area (Å²) in [5.41, 5.74) is 1.61. The van der Waals surface area contributed by atoms with E-state index >= 15 is 0 Å². The van der Waals surface area contributed by atoms with Crippen LogP contribution >= 0.6 is 23.1 Å². The molecule has 1 saturated heterocycles. The van der Waals surface area contributed by atoms with Gasteiger partial charge in [0.05, 0.1) is 4.21 Å². The summed E-state index contributed by atoms with van der Waals surface area (Å²) in [5, 5.41) is 10.5. The van der Waals surface area contributed by atoms with Crippen LogP contribution in [0.5, 0.6) is 0 Å². The number of methoxy groups -OCH3 is 1. The van der Waals surface area contributed by atoms with Crippen LogP contribution in [0.25, 0.3) is 0 Å². The molecule has 2 aromatic carbocycles. The highest BCUT2D eigenvalue weighted by Gasteiger charge is 2.35. The van der Waals surface area contributed by atoms with E-state index in [0.29, 0.717) is 0 Å². The van der Waals surface area contributed by atoms with Gasteiger partial charge in [-0.15, -0.1) is 11.3 Å². The second-order valence-electron chi connectivity index (χ2n) is 6.91. The first-order valence-corrected chi connectivity index (χ1v) is 11.1. The third kappa shape index (κ3) is 4.19. The molecule has 1 aliphatic rings. The maximum atomic E-state index is 10.5. The number of rotatable bonds is 6. The predicted molar refractivity (Wildman–Crippen MR) is 114 cm³/mol. The number of hydrogen-bond acceptors (Lipinski definition) is 5. The van der Waals surface area contributed by atoms with Crippen LogP contribution in [0.3, 0.4) is 0 Å². The molecule has 1 unspecified atom stereocenters. The predicted octanol–water partition coefficient (Wildman–Crippen LogP) is 5.63. The summed E-state index contributed by atoms with van der Waals surface area (Å²) in [6.07, 6.45) is 1.21. The van der Waals surface area contributed by atoms with Gasteiger partial charge in [0, 0.05) is 42.9 Å². The van der Waals surface area contributed by atoms with Gasteiger partial charge in [-0.05, 0) is 35.4 Å². The lowest BCUT2D eigenvalue weighted by molar-refractivity contribution is -0.0925. The molecule has 3 nitrogen and oxygen atoms in total. The lowest BCUT2D eigenvalue weighted by Gasteiger charge is -2.35. The van der Waals surface area contributed by atoms with Crippen molar-refractivity contribution >= 4 is 23.1 Å². The highest BCUT2D eigenvalue weighted by atomic mass is 32.2. The van der Waals surface area contributed by atoms with E-state index in [1.807, 2.05) is 42.5 Å². The lowest BCUT2D eigenvalue weighted by Crippen LogP contribution is -2.34. The first kappa shape index (κ1) is 19.7. The van der Waals surface area contributed by atoms with Crippen molar-refractivity contribution in [2.45, 2.75) is 33.7 Å². The summed E-state index contributed by atoms with van der Waals surface area (Å²) >= 11 is 3.55. The summed E-state index contributed by atoms with van der Waals surface area (Å²) in [6, 6.07) is 22.3. The Morgan fingerprint density at radius 2 is 1.64 bits per heavy atom. The summed E-state index contributed by atoms with van der Waals surface area (Å²) < 4.78 is 12.7. The minimum absolute atomic E-state index is 0.203. The van der Waals surface area contributed by atoms with E-state index in [9.17, 15) is 5.11 Å². The minimum atomic E-state index is -0.594. The molecule has 1 aromatic heterocycles. The number of ether oxygens (including phenoxy) is 2. The molecule has 5 heteroatoms. The number of hydrogen-bond donors (Lipinski definition) is 1. The van der Waals surface area contributed by atoms with Crippen molar-refractivity contribution in [2.24, 2.45) is 0 Å². The highest BCUT2D eigenvalue weighted by molar-refractivity contribution is 8.01. The Morgan fingerprint density at radius 1 is 0.964 bits per heavy atom. The third-order valence-electron chi connectivity index (χ3n) is 5.25. The number of aliphatic hydroxyl groups excluding tert-OH is 1. The van der Waals surface area contributed by atoms with Crippen LogP contribution in [0.15, 0.2) is 75.8 Å². The van der Waals surface area contributed by atoms with Gasteiger partial charge in [-0.1, -0.05) is 54.2 Å². The molecular weight excluding hydrogens is 388 g/mol. The van der Waals surface area contributed by atoms with E-state index < -0.39 is 6.10 Å². The maximum Gasteiger partial charge on any atom is 0.106 e. The van der Waals surface area contributed by atoms with E-state index in [-0.39, 0.29) is 5.60 Å². The molecule has 2 heterocycles. The van der Waals surface area contributed by atoms with Crippen molar-refractivity contribution in [3.8, 4) is 0 Å². The Balaban J connectivity index is 1.46. The molecule has 3 aromatic rings. The first-order chi connectivity index (χ1) is 13.7. The summed E-state index contributed by atoms with van der Waals surface area (Å²) in [7, 11) is 1.80. The standard InChI is InChI=1S/C23H24O3S2/c1-25-23(13-15-26-16-14-23)20-11-12-21(28-20)27-19-9-7-18(8-10-19)22(24)17-5-3-2-4-6-17/h2-12,22,24H,13-16H2,1H3. The summed E-state index contributed by atoms with van der Waals surface area (Å²) in [5.74, 6) is 0.